The normalized spacial score (nSPS) is 12.4. The van der Waals surface area contributed by atoms with E-state index in [1.54, 1.807) is 42.5 Å². The van der Waals surface area contributed by atoms with Crippen LogP contribution in [0.5, 0.6) is 23.0 Å². The number of phenols is 4. The molecule has 4 N–H and O–H groups in total. The molecule has 0 heterocycles. The summed E-state index contributed by atoms with van der Waals surface area (Å²) in [6.07, 6.45) is 0. The van der Waals surface area contributed by atoms with E-state index in [0.717, 1.165) is 16.2 Å². The Morgan fingerprint density at radius 2 is 0.745 bits per heavy atom. The molecule has 51 heavy (non-hydrogen) atoms. The zero-order valence-corrected chi connectivity index (χ0v) is 29.3. The number of aromatic hydroxyl groups is 4. The molecule has 1 aliphatic rings. The maximum absolute atomic E-state index is 9.49. The van der Waals surface area contributed by atoms with Crippen LogP contribution in [0, 0.1) is 20.8 Å². The van der Waals surface area contributed by atoms with Crippen LogP contribution in [0.3, 0.4) is 0 Å². The van der Waals surface area contributed by atoms with Gasteiger partial charge in [0, 0.05) is 5.92 Å². The van der Waals surface area contributed by atoms with Gasteiger partial charge < -0.3 is 20.4 Å². The second-order valence-electron chi connectivity index (χ2n) is 13.2. The lowest BCUT2D eigenvalue weighted by molar-refractivity contribution is 0.474. The Labute approximate surface area is 299 Å². The lowest BCUT2D eigenvalue weighted by atomic mass is 9.99. The van der Waals surface area contributed by atoms with E-state index in [0.29, 0.717) is 28.9 Å². The van der Waals surface area contributed by atoms with Crippen LogP contribution in [-0.4, -0.2) is 20.4 Å². The lowest BCUT2D eigenvalue weighted by Crippen LogP contribution is -1.88. The zero-order chi connectivity index (χ0) is 36.1. The molecule has 0 saturated carbocycles. The summed E-state index contributed by atoms with van der Waals surface area (Å²) in [5.41, 5.74) is 8.84. The lowest BCUT2D eigenvalue weighted by Gasteiger charge is -2.05. The average Bonchev–Trinajstić information content (AvgIpc) is 3.40. The van der Waals surface area contributed by atoms with Crippen molar-refractivity contribution in [2.45, 2.75) is 33.6 Å². The van der Waals surface area contributed by atoms with Crippen LogP contribution < -0.4 is 0 Å². The van der Waals surface area contributed by atoms with Gasteiger partial charge in [-0.3, -0.25) is 0 Å². The molecule has 254 valence electrons. The Kier molecular flexibility index (Phi) is 10.2. The van der Waals surface area contributed by atoms with Gasteiger partial charge in [-0.2, -0.15) is 0 Å². The molecule has 4 nitrogen and oxygen atoms in total. The monoisotopic (exact) mass is 670 g/mol. The van der Waals surface area contributed by atoms with Crippen LogP contribution >= 0.6 is 0 Å². The third-order valence-corrected chi connectivity index (χ3v) is 9.17. The maximum atomic E-state index is 9.49. The number of hydrogen-bond acceptors (Lipinski definition) is 4. The van der Waals surface area contributed by atoms with Crippen LogP contribution in [-0.2, 0) is 0 Å². The van der Waals surface area contributed by atoms with E-state index in [1.807, 2.05) is 55.5 Å². The predicted molar refractivity (Wildman–Crippen MR) is 212 cm³/mol. The van der Waals surface area contributed by atoms with Gasteiger partial charge in [0.05, 0.1) is 0 Å². The summed E-state index contributed by atoms with van der Waals surface area (Å²) in [6.45, 7) is 8.33. The second kappa shape index (κ2) is 15.1. The summed E-state index contributed by atoms with van der Waals surface area (Å²) >= 11 is 0. The summed E-state index contributed by atoms with van der Waals surface area (Å²) in [7, 11) is 0. The van der Waals surface area contributed by atoms with Gasteiger partial charge in [0.1, 0.15) is 23.0 Å². The summed E-state index contributed by atoms with van der Waals surface area (Å²) in [4.78, 5) is 0. The molecule has 0 saturated heterocycles. The number of hydrogen-bond donors (Lipinski definition) is 4. The molecule has 0 radical (unpaired) electrons. The minimum Gasteiger partial charge on any atom is -0.508 e. The van der Waals surface area contributed by atoms with E-state index < -0.39 is 0 Å². The summed E-state index contributed by atoms with van der Waals surface area (Å²) < 4.78 is 0. The predicted octanol–water partition coefficient (Wildman–Crippen LogP) is 12.1. The molecule has 0 fully saturated rings. The molecule has 1 aliphatic carbocycles. The van der Waals surface area contributed by atoms with Gasteiger partial charge in [-0.05, 0) is 136 Å². The van der Waals surface area contributed by atoms with E-state index in [2.05, 4.69) is 81.4 Å². The average molecular weight is 671 g/mol. The molecule has 0 spiro atoms. The molecule has 8 aromatic carbocycles. The van der Waals surface area contributed by atoms with Gasteiger partial charge in [0.2, 0.25) is 0 Å². The molecule has 8 aromatic rings. The maximum Gasteiger partial charge on any atom is 0.116 e. The van der Waals surface area contributed by atoms with E-state index in [-0.39, 0.29) is 0 Å². The Morgan fingerprint density at radius 3 is 1.37 bits per heavy atom. The summed E-state index contributed by atoms with van der Waals surface area (Å²) in [5.74, 6) is 1.72. The smallest absolute Gasteiger partial charge is 0.116 e. The van der Waals surface area contributed by atoms with Crippen molar-refractivity contribution in [2.75, 3.05) is 0 Å². The van der Waals surface area contributed by atoms with Crippen molar-refractivity contribution in [1.29, 1.82) is 0 Å². The molecular formula is C47H42O4. The molecule has 0 amide bonds. The van der Waals surface area contributed by atoms with Gasteiger partial charge in [-0.15, -0.1) is 0 Å². The van der Waals surface area contributed by atoms with Crippen molar-refractivity contribution >= 4 is 32.3 Å². The van der Waals surface area contributed by atoms with Crippen molar-refractivity contribution in [3.63, 3.8) is 0 Å². The first kappa shape index (κ1) is 34.6. The Balaban J connectivity index is 0.000000120. The number of aryl methyl sites for hydroxylation is 3. The van der Waals surface area contributed by atoms with Crippen molar-refractivity contribution in [2.24, 2.45) is 0 Å². The van der Waals surface area contributed by atoms with Gasteiger partial charge in [-0.25, -0.2) is 0 Å². The first-order valence-electron chi connectivity index (χ1n) is 17.0. The molecule has 0 bridgehead atoms. The van der Waals surface area contributed by atoms with E-state index in [9.17, 15) is 15.3 Å². The summed E-state index contributed by atoms with van der Waals surface area (Å²) in [5, 5.41) is 43.9. The standard InChI is InChI=1S/C15H12O.C14H12O.C11H10O.C7H8O/c1-10-2-3-11-8-14-9-15(16)5-4-12(14)7-13(11)6-10;1-9-11-4-2-3-5-12(11)13-7-6-10(15)8-14(9)13;1-8-2-3-10-7-11(12)5-4-9(10)6-8;1-6-2-4-7(8)5-3-6/h2-9,16H,1H3;2-9,15H,1H3;2-7,12H,1H3;2-5,8H,1H3. The highest BCUT2D eigenvalue weighted by Crippen LogP contribution is 2.45. The fourth-order valence-corrected chi connectivity index (χ4v) is 6.44. The van der Waals surface area contributed by atoms with Gasteiger partial charge in [0.25, 0.3) is 0 Å². The fraction of sp³-hybridized carbons (Fsp3) is 0.106. The highest BCUT2D eigenvalue weighted by molar-refractivity contribution is 5.98. The van der Waals surface area contributed by atoms with E-state index in [4.69, 9.17) is 5.11 Å². The van der Waals surface area contributed by atoms with Crippen LogP contribution in [0.2, 0.25) is 0 Å². The van der Waals surface area contributed by atoms with Gasteiger partial charge >= 0.3 is 0 Å². The first-order chi connectivity index (χ1) is 24.5. The zero-order valence-electron chi connectivity index (χ0n) is 29.3. The van der Waals surface area contributed by atoms with Gasteiger partial charge in [-0.1, -0.05) is 115 Å². The molecule has 1 atom stereocenters. The van der Waals surface area contributed by atoms with Crippen molar-refractivity contribution in [3.05, 3.63) is 179 Å². The minimum atomic E-state index is 0.318. The third-order valence-electron chi connectivity index (χ3n) is 9.17. The van der Waals surface area contributed by atoms with E-state index in [1.165, 1.54) is 55.1 Å². The Hall–Kier alpha value is -6.26. The van der Waals surface area contributed by atoms with E-state index >= 15 is 0 Å². The van der Waals surface area contributed by atoms with Crippen LogP contribution in [0.15, 0.2) is 152 Å². The van der Waals surface area contributed by atoms with Crippen molar-refractivity contribution < 1.29 is 20.4 Å². The number of benzene rings is 8. The highest BCUT2D eigenvalue weighted by Gasteiger charge is 2.24. The number of fused-ring (bicyclic) bond motifs is 6. The molecular weight excluding hydrogens is 629 g/mol. The molecule has 9 rings (SSSR count). The fourth-order valence-electron chi connectivity index (χ4n) is 6.44. The minimum absolute atomic E-state index is 0.318. The molecule has 0 aromatic heterocycles. The van der Waals surface area contributed by atoms with Crippen LogP contribution in [0.4, 0.5) is 0 Å². The van der Waals surface area contributed by atoms with Crippen molar-refractivity contribution in [3.8, 4) is 34.1 Å². The van der Waals surface area contributed by atoms with Crippen LogP contribution in [0.1, 0.15) is 40.7 Å². The summed E-state index contributed by atoms with van der Waals surface area (Å²) in [6, 6.07) is 48.9. The largest absolute Gasteiger partial charge is 0.508 e. The Bertz CT molecular complexity index is 2340. The second-order valence-corrected chi connectivity index (χ2v) is 13.2. The van der Waals surface area contributed by atoms with Gasteiger partial charge in [0.15, 0.2) is 0 Å². The number of phenolic OH excluding ortho intramolecular Hbond substituents is 4. The third kappa shape index (κ3) is 8.31. The highest BCUT2D eigenvalue weighted by atomic mass is 16.3. The first-order valence-corrected chi connectivity index (χ1v) is 17.0. The Morgan fingerprint density at radius 1 is 0.333 bits per heavy atom. The molecule has 1 unspecified atom stereocenters. The number of rotatable bonds is 0. The topological polar surface area (TPSA) is 80.9 Å². The molecule has 4 heteroatoms. The quantitative estimate of drug-likeness (QED) is 0.121. The molecule has 0 aliphatic heterocycles. The van der Waals surface area contributed by atoms with Crippen LogP contribution in [0.25, 0.3) is 43.4 Å². The SMILES string of the molecule is CC1c2ccccc2-c2ccc(O)cc21.Cc1ccc(O)cc1.Cc1ccc2cc(O)ccc2c1.Cc1ccc2cc3cc(O)ccc3cc2c1. The van der Waals surface area contributed by atoms with Crippen molar-refractivity contribution in [1.82, 2.24) is 0 Å².